The molecule has 43 heavy (non-hydrogen) atoms. The fraction of sp³-hybridized carbons (Fsp3) is 0.500. The second-order valence-electron chi connectivity index (χ2n) is 1.65. The molecular formula is C6H10OY36-2. The van der Waals surface area contributed by atoms with Gasteiger partial charge in [-0.05, 0) is 0 Å². The van der Waals surface area contributed by atoms with E-state index in [-0.39, 0.29) is 1180 Å². The Kier molecular flexibility index (Phi) is 1510. The third kappa shape index (κ3) is 249. The Morgan fingerprint density at radius 3 is 0.349 bits per heavy atom. The Morgan fingerprint density at radius 1 is 0.279 bits per heavy atom. The minimum atomic E-state index is 0. The molecule has 0 N–H and O–H groups in total. The van der Waals surface area contributed by atoms with Crippen LogP contribution in [-0.4, -0.2) is 5.78 Å². The number of carbonyl (C=O) groups is 1. The van der Waals surface area contributed by atoms with Crippen molar-refractivity contribution in [3.8, 4) is 0 Å². The first kappa shape index (κ1) is 265. The van der Waals surface area contributed by atoms with Crippen LogP contribution in [0.3, 0.4) is 0 Å². The van der Waals surface area contributed by atoms with Gasteiger partial charge in [0.15, 0.2) is 0 Å². The molecule has 37 heteroatoms. The normalized spacial score (nSPS) is 1.28. The third-order valence-electron chi connectivity index (χ3n) is 0.755. The number of rotatable bonds is 2. The van der Waals surface area contributed by atoms with Gasteiger partial charge in [-0.25, -0.2) is 0 Å². The zero-order chi connectivity index (χ0) is 5.86. The molecule has 0 saturated heterocycles. The topological polar surface area (TPSA) is 17.1 Å². The van der Waals surface area contributed by atoms with Gasteiger partial charge >= 0.3 is 0 Å². The predicted molar refractivity (Wildman–Crippen MR) is 29.6 cm³/mol. The number of hydrogen-bond donors (Lipinski definition) is 0. The molecule has 0 bridgehead atoms. The van der Waals surface area contributed by atoms with Gasteiger partial charge in [0.05, 0.1) is 0 Å². The van der Waals surface area contributed by atoms with E-state index in [4.69, 9.17) is 0 Å². The van der Waals surface area contributed by atoms with E-state index in [0.29, 0.717) is 0 Å². The van der Waals surface area contributed by atoms with E-state index in [1.54, 1.807) is 13.3 Å². The summed E-state index contributed by atoms with van der Waals surface area (Å²) in [5.41, 5.74) is 0. The molecule has 0 rings (SSSR count). The Hall–Kier alpha value is 39.2. The molecule has 0 aromatic carbocycles. The molecule has 0 aliphatic heterocycles. The van der Waals surface area contributed by atoms with Gasteiger partial charge in [0.2, 0.25) is 0 Å². The van der Waals surface area contributed by atoms with Gasteiger partial charge in [-0.1, -0.05) is 0 Å². The average Bonchev–Trinajstić information content (AvgIpc) is 1.65. The summed E-state index contributed by atoms with van der Waals surface area (Å²) in [6.45, 7) is 5.36. The quantitative estimate of drug-likeness (QED) is 0.382. The van der Waals surface area contributed by atoms with Crippen LogP contribution in [0, 0.1) is 12.3 Å². The van der Waals surface area contributed by atoms with Gasteiger partial charge < -0.3 is 17.1 Å². The maximum absolute atomic E-state index is 10.4. The van der Waals surface area contributed by atoms with Crippen LogP contribution in [0.1, 0.15) is 20.8 Å². The first-order valence-electron chi connectivity index (χ1n) is 2.32. The molecule has 0 spiro atoms. The Balaban J connectivity index is -0.000000000286. The van der Waals surface area contributed by atoms with Crippen molar-refractivity contribution in [2.24, 2.45) is 0 Å². The maximum atomic E-state index is 10.4. The largest absolute Gasteiger partial charge is 0.368 e. The van der Waals surface area contributed by atoms with Crippen LogP contribution in [0.25, 0.3) is 0 Å². The van der Waals surface area contributed by atoms with Gasteiger partial charge in [-0.15, -0.1) is 5.78 Å². The first-order chi connectivity index (χ1) is 3.18. The molecule has 1 nitrogen and oxygen atoms in total. The molecule has 0 saturated carbocycles. The summed E-state index contributed by atoms with van der Waals surface area (Å²) in [4.78, 5) is 10.4. The van der Waals surface area contributed by atoms with Crippen LogP contribution in [0.4, 0.5) is 0 Å². The van der Waals surface area contributed by atoms with E-state index in [9.17, 15) is 4.79 Å². The zero-order valence-electron chi connectivity index (χ0n) is 25.8. The number of Topliss-reactive ketones (excluding diaryl/α,β-unsaturated/α-hetero) is 1. The van der Waals surface area contributed by atoms with Crippen LogP contribution < -0.4 is 0 Å². The van der Waals surface area contributed by atoms with Crippen molar-refractivity contribution in [1.29, 1.82) is 0 Å². The standard InChI is InChI=1S/C6H10O.36Y/c1-4-6(7)5(2)3;;;;;;;;;;;;;;;;;;;;;;;;;;;;;;;;;;;;/h4H,1-3H3;;;;;;;;;;;;;;;;;;;;;;;;;;;;;;;;;;;;/q-2;;;;;;;;;;;;;;;;;;;;;;;;;;;;;;;;;;;;. The SMILES string of the molecule is C[CH-]C(=O)[C-](C)C.[Y].[Y].[Y].[Y].[Y].[Y].[Y].[Y].[Y].[Y].[Y].[Y].[Y].[Y].[Y].[Y].[Y].[Y].[Y].[Y].[Y].[Y].[Y].[Y].[Y].[Y].[Y].[Y].[Y].[Y].[Y].[Y].[Y].[Y].[Y].[Y]. The summed E-state index contributed by atoms with van der Waals surface area (Å²) in [6.07, 6.45) is 1.56. The maximum Gasteiger partial charge on any atom is 0 e. The Morgan fingerprint density at radius 2 is 0.349 bits per heavy atom. The van der Waals surface area contributed by atoms with Crippen molar-refractivity contribution in [2.45, 2.75) is 20.8 Å². The summed E-state index contributed by atoms with van der Waals surface area (Å²) in [7, 11) is 0. The van der Waals surface area contributed by atoms with Gasteiger partial charge in [0.1, 0.15) is 0 Å². The molecule has 0 amide bonds. The summed E-state index contributed by atoms with van der Waals surface area (Å²) in [5.74, 6) is 0.988. The summed E-state index contributed by atoms with van der Waals surface area (Å²) < 4.78 is 0. The van der Waals surface area contributed by atoms with Gasteiger partial charge in [0, 0.05) is 1180 Å². The summed E-state index contributed by atoms with van der Waals surface area (Å²) in [6, 6.07) is 0. The summed E-state index contributed by atoms with van der Waals surface area (Å²) >= 11 is 0. The molecule has 150 valence electrons. The smallest absolute Gasteiger partial charge is 0 e. The van der Waals surface area contributed by atoms with Gasteiger partial charge in [-0.2, -0.15) is 20.8 Å². The van der Waals surface area contributed by atoms with E-state index in [0.717, 1.165) is 5.92 Å². The van der Waals surface area contributed by atoms with E-state index in [2.05, 4.69) is 0 Å². The molecule has 0 aliphatic rings. The molecular weight excluding hydrogens is 3290 g/mol. The van der Waals surface area contributed by atoms with Crippen molar-refractivity contribution in [3.05, 3.63) is 12.3 Å². The molecule has 36 radical (unpaired) electrons. The molecule has 0 unspecified atom stereocenters. The molecule has 0 heterocycles. The molecule has 0 aromatic heterocycles. The minimum Gasteiger partial charge on any atom is -0.368 e. The third-order valence-corrected chi connectivity index (χ3v) is 0.755. The average molecular weight is 3300 g/mol. The van der Waals surface area contributed by atoms with Crippen molar-refractivity contribution < 1.29 is 1180 Å². The Bertz CT molecular complexity index is 92.1. The molecule has 0 atom stereocenters. The first-order valence-corrected chi connectivity index (χ1v) is 2.32. The zero-order valence-corrected chi connectivity index (χ0v) is 128. The van der Waals surface area contributed by atoms with Crippen LogP contribution in [-0.2, 0) is 1180 Å². The van der Waals surface area contributed by atoms with E-state index in [1.165, 1.54) is 0 Å². The van der Waals surface area contributed by atoms with Gasteiger partial charge in [-0.3, -0.25) is 0 Å². The van der Waals surface area contributed by atoms with Crippen molar-refractivity contribution in [2.75, 3.05) is 0 Å². The number of ketones is 1. The van der Waals surface area contributed by atoms with E-state index < -0.39 is 0 Å². The second kappa shape index (κ2) is 245. The van der Waals surface area contributed by atoms with Crippen molar-refractivity contribution >= 4 is 5.78 Å². The fourth-order valence-electron chi connectivity index (χ4n) is 0.289. The second-order valence-corrected chi connectivity index (χ2v) is 1.65. The fourth-order valence-corrected chi connectivity index (χ4v) is 0.289. The van der Waals surface area contributed by atoms with E-state index >= 15 is 0 Å². The number of hydrogen-bond acceptors (Lipinski definition) is 1. The summed E-state index contributed by atoms with van der Waals surface area (Å²) in [5, 5.41) is 0. The van der Waals surface area contributed by atoms with Crippen molar-refractivity contribution in [1.82, 2.24) is 0 Å². The van der Waals surface area contributed by atoms with E-state index in [1.807, 2.05) is 13.8 Å². The molecule has 0 fully saturated rings. The van der Waals surface area contributed by atoms with Crippen LogP contribution in [0.15, 0.2) is 0 Å². The molecule has 0 aromatic rings. The monoisotopic (exact) mass is 3300 g/mol. The predicted octanol–water partition coefficient (Wildman–Crippen LogP) is 1.30. The van der Waals surface area contributed by atoms with Crippen LogP contribution in [0.2, 0.25) is 0 Å². The van der Waals surface area contributed by atoms with Gasteiger partial charge in [0.25, 0.3) is 0 Å². The Labute approximate surface area is 1170 Å². The van der Waals surface area contributed by atoms with Crippen molar-refractivity contribution in [3.63, 3.8) is 0 Å². The minimum absolute atomic E-state index is 0. The van der Waals surface area contributed by atoms with Crippen LogP contribution >= 0.6 is 0 Å². The van der Waals surface area contributed by atoms with Crippen LogP contribution in [0.5, 0.6) is 0 Å². The number of carbonyl (C=O) groups excluding carboxylic acids is 1. The molecule has 0 aliphatic carbocycles.